The Morgan fingerprint density at radius 2 is 1.68 bits per heavy atom. The summed E-state index contributed by atoms with van der Waals surface area (Å²) >= 11 is 0. The Balaban J connectivity index is 1.29. The summed E-state index contributed by atoms with van der Waals surface area (Å²) in [5.74, 6) is -0.0469. The Morgan fingerprint density at radius 1 is 0.964 bits per heavy atom. The van der Waals surface area contributed by atoms with Gasteiger partial charge in [-0.05, 0) is 41.3 Å². The number of nitrogens with one attached hydrogen (secondary N) is 2. The first-order valence-electron chi connectivity index (χ1n) is 10.1. The summed E-state index contributed by atoms with van der Waals surface area (Å²) in [5.41, 5.74) is 4.11. The van der Waals surface area contributed by atoms with Crippen LogP contribution in [0.4, 0.5) is 0 Å². The number of piperazine rings is 1. The first kappa shape index (κ1) is 18.7. The molecule has 5 nitrogen and oxygen atoms in total. The van der Waals surface area contributed by atoms with Crippen LogP contribution in [0.3, 0.4) is 0 Å². The van der Waals surface area contributed by atoms with E-state index in [4.69, 9.17) is 0 Å². The summed E-state index contributed by atoms with van der Waals surface area (Å²) in [6.07, 6.45) is 1.89. The van der Waals surface area contributed by atoms with Gasteiger partial charge in [-0.1, -0.05) is 37.3 Å². The molecule has 0 saturated carbocycles. The molecule has 0 aliphatic carbocycles. The number of carbonyl (C=O) groups is 1. The van der Waals surface area contributed by atoms with Crippen molar-refractivity contribution in [3.05, 3.63) is 71.4 Å². The molecule has 3 aromatic rings. The van der Waals surface area contributed by atoms with Crippen molar-refractivity contribution in [3.8, 4) is 0 Å². The predicted molar refractivity (Wildman–Crippen MR) is 113 cm³/mol. The first-order chi connectivity index (χ1) is 13.7. The van der Waals surface area contributed by atoms with Crippen molar-refractivity contribution in [2.45, 2.75) is 20.0 Å². The Hall–Kier alpha value is -2.63. The van der Waals surface area contributed by atoms with Gasteiger partial charge in [0.1, 0.15) is 0 Å². The number of benzene rings is 2. The van der Waals surface area contributed by atoms with Crippen LogP contribution >= 0.6 is 0 Å². The SMILES string of the molecule is CCN1CCN(Cc2ccc(CNC(=O)c3ccc4cc[nH]c4c3)cc2)CC1. The predicted octanol–water partition coefficient (Wildman–Crippen LogP) is 3.24. The third-order valence-electron chi connectivity index (χ3n) is 5.61. The van der Waals surface area contributed by atoms with Gasteiger partial charge in [-0.2, -0.15) is 0 Å². The number of rotatable bonds is 6. The van der Waals surface area contributed by atoms with E-state index in [1.54, 1.807) is 0 Å². The highest BCUT2D eigenvalue weighted by Gasteiger charge is 2.15. The lowest BCUT2D eigenvalue weighted by molar-refractivity contribution is 0.0951. The number of aromatic nitrogens is 1. The van der Waals surface area contributed by atoms with E-state index in [1.807, 2.05) is 30.5 Å². The van der Waals surface area contributed by atoms with Gasteiger partial charge in [-0.25, -0.2) is 0 Å². The van der Waals surface area contributed by atoms with Gasteiger partial charge in [0.15, 0.2) is 0 Å². The van der Waals surface area contributed by atoms with Crippen molar-refractivity contribution in [2.24, 2.45) is 0 Å². The largest absolute Gasteiger partial charge is 0.361 e. The van der Waals surface area contributed by atoms with Crippen LogP contribution in [0.15, 0.2) is 54.7 Å². The fourth-order valence-corrected chi connectivity index (χ4v) is 3.76. The molecule has 0 spiro atoms. The second-order valence-electron chi connectivity index (χ2n) is 7.49. The lowest BCUT2D eigenvalue weighted by atomic mass is 10.1. The van der Waals surface area contributed by atoms with Crippen LogP contribution in [0.5, 0.6) is 0 Å². The van der Waals surface area contributed by atoms with Crippen molar-refractivity contribution in [3.63, 3.8) is 0 Å². The molecule has 2 heterocycles. The number of carbonyl (C=O) groups excluding carboxylic acids is 1. The molecule has 1 fully saturated rings. The third kappa shape index (κ3) is 4.43. The number of aromatic amines is 1. The molecular formula is C23H28N4O. The van der Waals surface area contributed by atoms with Gasteiger partial charge in [0.25, 0.3) is 5.91 Å². The summed E-state index contributed by atoms with van der Waals surface area (Å²) in [6.45, 7) is 9.51. The maximum absolute atomic E-state index is 12.4. The van der Waals surface area contributed by atoms with E-state index < -0.39 is 0 Å². The second-order valence-corrected chi connectivity index (χ2v) is 7.49. The molecule has 0 radical (unpaired) electrons. The van der Waals surface area contributed by atoms with Gasteiger partial charge >= 0.3 is 0 Å². The summed E-state index contributed by atoms with van der Waals surface area (Å²) in [7, 11) is 0. The minimum absolute atomic E-state index is 0.0469. The zero-order valence-electron chi connectivity index (χ0n) is 16.4. The normalized spacial score (nSPS) is 15.8. The maximum atomic E-state index is 12.4. The molecule has 1 aliphatic heterocycles. The van der Waals surface area contributed by atoms with Crippen molar-refractivity contribution in [1.82, 2.24) is 20.1 Å². The molecular weight excluding hydrogens is 348 g/mol. The molecule has 28 heavy (non-hydrogen) atoms. The van der Waals surface area contributed by atoms with Gasteiger partial charge in [0, 0.05) is 56.5 Å². The van der Waals surface area contributed by atoms with Gasteiger partial charge in [0.2, 0.25) is 0 Å². The number of hydrogen-bond acceptors (Lipinski definition) is 3. The van der Waals surface area contributed by atoms with Crippen LogP contribution < -0.4 is 5.32 Å². The van der Waals surface area contributed by atoms with Crippen molar-refractivity contribution >= 4 is 16.8 Å². The minimum atomic E-state index is -0.0469. The highest BCUT2D eigenvalue weighted by molar-refractivity contribution is 5.97. The van der Waals surface area contributed by atoms with Crippen molar-refractivity contribution in [1.29, 1.82) is 0 Å². The molecule has 0 bridgehead atoms. The van der Waals surface area contributed by atoms with Gasteiger partial charge in [-0.3, -0.25) is 9.69 Å². The summed E-state index contributed by atoms with van der Waals surface area (Å²) in [4.78, 5) is 20.6. The van der Waals surface area contributed by atoms with E-state index >= 15 is 0 Å². The standard InChI is InChI=1S/C23H28N4O/c1-2-26-11-13-27(14-12-26)17-19-5-3-18(4-6-19)16-25-23(28)21-8-7-20-9-10-24-22(20)15-21/h3-10,15,24H,2,11-14,16-17H2,1H3,(H,25,28). The highest BCUT2D eigenvalue weighted by Crippen LogP contribution is 2.14. The minimum Gasteiger partial charge on any atom is -0.361 e. The van der Waals surface area contributed by atoms with Crippen molar-refractivity contribution in [2.75, 3.05) is 32.7 Å². The molecule has 1 saturated heterocycles. The van der Waals surface area contributed by atoms with Gasteiger partial charge in [0.05, 0.1) is 0 Å². The third-order valence-corrected chi connectivity index (χ3v) is 5.61. The topological polar surface area (TPSA) is 51.4 Å². The van der Waals surface area contributed by atoms with E-state index in [0.29, 0.717) is 12.1 Å². The number of fused-ring (bicyclic) bond motifs is 1. The van der Waals surface area contributed by atoms with E-state index in [1.165, 1.54) is 5.56 Å². The summed E-state index contributed by atoms with van der Waals surface area (Å²) in [5, 5.41) is 4.13. The highest BCUT2D eigenvalue weighted by atomic mass is 16.1. The molecule has 0 unspecified atom stereocenters. The van der Waals surface area contributed by atoms with E-state index in [2.05, 4.69) is 51.3 Å². The maximum Gasteiger partial charge on any atom is 0.251 e. The molecule has 5 heteroatoms. The van der Waals surface area contributed by atoms with Crippen LogP contribution in [0.25, 0.3) is 10.9 Å². The lowest BCUT2D eigenvalue weighted by Gasteiger charge is -2.34. The molecule has 1 amide bonds. The van der Waals surface area contributed by atoms with Crippen LogP contribution in [0.2, 0.25) is 0 Å². The fraction of sp³-hybridized carbons (Fsp3) is 0.348. The van der Waals surface area contributed by atoms with Crippen LogP contribution in [-0.4, -0.2) is 53.4 Å². The quantitative estimate of drug-likeness (QED) is 0.694. The summed E-state index contributed by atoms with van der Waals surface area (Å²) in [6, 6.07) is 16.3. The Labute approximate surface area is 166 Å². The average molecular weight is 377 g/mol. The number of H-pyrrole nitrogens is 1. The molecule has 1 aliphatic rings. The van der Waals surface area contributed by atoms with Gasteiger partial charge < -0.3 is 15.2 Å². The average Bonchev–Trinajstić information content (AvgIpc) is 3.21. The van der Waals surface area contributed by atoms with Crippen molar-refractivity contribution < 1.29 is 4.79 Å². The summed E-state index contributed by atoms with van der Waals surface area (Å²) < 4.78 is 0. The number of hydrogen-bond donors (Lipinski definition) is 2. The molecule has 1 aromatic heterocycles. The smallest absolute Gasteiger partial charge is 0.251 e. The number of likely N-dealkylation sites (N-methyl/N-ethyl adjacent to an activating group) is 1. The first-order valence-corrected chi connectivity index (χ1v) is 10.1. The Bertz CT molecular complexity index is 923. The molecule has 2 aromatic carbocycles. The number of amides is 1. The van der Waals surface area contributed by atoms with Crippen LogP contribution in [0.1, 0.15) is 28.4 Å². The molecule has 2 N–H and O–H groups in total. The van der Waals surface area contributed by atoms with Crippen LogP contribution in [0, 0.1) is 0 Å². The number of nitrogens with zero attached hydrogens (tertiary/aromatic N) is 2. The van der Waals surface area contributed by atoms with E-state index in [9.17, 15) is 4.79 Å². The monoisotopic (exact) mass is 376 g/mol. The second kappa shape index (κ2) is 8.59. The Morgan fingerprint density at radius 3 is 2.43 bits per heavy atom. The molecule has 0 atom stereocenters. The van der Waals surface area contributed by atoms with Crippen LogP contribution in [-0.2, 0) is 13.1 Å². The molecule has 4 rings (SSSR count). The lowest BCUT2D eigenvalue weighted by Crippen LogP contribution is -2.45. The molecule has 146 valence electrons. The fourth-order valence-electron chi connectivity index (χ4n) is 3.76. The Kier molecular flexibility index (Phi) is 5.74. The van der Waals surface area contributed by atoms with Gasteiger partial charge in [-0.15, -0.1) is 0 Å². The zero-order chi connectivity index (χ0) is 19.3. The zero-order valence-corrected chi connectivity index (χ0v) is 16.4. The van der Waals surface area contributed by atoms with E-state index in [0.717, 1.165) is 55.7 Å². The van der Waals surface area contributed by atoms with E-state index in [-0.39, 0.29) is 5.91 Å².